The number of rotatable bonds is 5. The fraction of sp³-hybridized carbons (Fsp3) is 0.179. The molecule has 0 unspecified atom stereocenters. The van der Waals surface area contributed by atoms with Crippen molar-refractivity contribution in [2.75, 3.05) is 0 Å². The van der Waals surface area contributed by atoms with E-state index in [1.54, 1.807) is 18.5 Å². The maximum Gasteiger partial charge on any atom is 0.130 e. The van der Waals surface area contributed by atoms with E-state index in [1.165, 1.54) is 0 Å². The van der Waals surface area contributed by atoms with E-state index in [0.717, 1.165) is 51.1 Å². The highest BCUT2D eigenvalue weighted by Crippen LogP contribution is 2.26. The lowest BCUT2D eigenvalue weighted by atomic mass is 10.1. The van der Waals surface area contributed by atoms with E-state index in [4.69, 9.17) is 20.5 Å². The van der Waals surface area contributed by atoms with Gasteiger partial charge in [-0.3, -0.25) is 9.97 Å². The summed E-state index contributed by atoms with van der Waals surface area (Å²) in [7, 11) is 0. The first-order valence-electron chi connectivity index (χ1n) is 10.9. The van der Waals surface area contributed by atoms with Gasteiger partial charge in [0, 0.05) is 42.5 Å². The summed E-state index contributed by atoms with van der Waals surface area (Å²) in [6.07, 6.45) is 3.46. The number of aryl methyl sites for hydroxylation is 4. The molecule has 2 aromatic heterocycles. The summed E-state index contributed by atoms with van der Waals surface area (Å²) in [6.45, 7) is 8.35. The average molecular weight is 453 g/mol. The molecule has 2 aromatic carbocycles. The molecule has 0 saturated heterocycles. The van der Waals surface area contributed by atoms with Gasteiger partial charge < -0.3 is 15.2 Å². The Kier molecular flexibility index (Phi) is 8.33. The minimum absolute atomic E-state index is 0.551. The van der Waals surface area contributed by atoms with Crippen molar-refractivity contribution < 1.29 is 9.47 Å². The van der Waals surface area contributed by atoms with Crippen LogP contribution in [0.4, 0.5) is 0 Å². The highest BCUT2D eigenvalue weighted by Gasteiger charge is 2.04. The van der Waals surface area contributed by atoms with Gasteiger partial charge in [-0.2, -0.15) is 5.26 Å². The minimum atomic E-state index is 0.551. The fourth-order valence-electron chi connectivity index (χ4n) is 3.21. The van der Waals surface area contributed by atoms with Gasteiger partial charge in [0.25, 0.3) is 0 Å². The topological polar surface area (TPSA) is 94.0 Å². The zero-order chi connectivity index (χ0) is 24.5. The molecule has 0 saturated carbocycles. The van der Waals surface area contributed by atoms with Gasteiger partial charge in [-0.05, 0) is 80.8 Å². The van der Waals surface area contributed by atoms with Gasteiger partial charge in [-0.1, -0.05) is 12.1 Å². The van der Waals surface area contributed by atoms with Crippen molar-refractivity contribution in [3.8, 4) is 29.1 Å². The third-order valence-electron chi connectivity index (χ3n) is 4.97. The molecule has 6 heteroatoms. The Morgan fingerprint density at radius 3 is 1.71 bits per heavy atom. The fourth-order valence-corrected chi connectivity index (χ4v) is 3.21. The normalized spacial score (nSPS) is 10.0. The third kappa shape index (κ3) is 6.89. The number of aromatic nitrogens is 2. The Morgan fingerprint density at radius 2 is 1.26 bits per heavy atom. The van der Waals surface area contributed by atoms with Crippen molar-refractivity contribution in [2.45, 2.75) is 34.2 Å². The molecule has 0 atom stereocenters. The van der Waals surface area contributed by atoms with Crippen LogP contribution >= 0.6 is 0 Å². The van der Waals surface area contributed by atoms with E-state index in [0.29, 0.717) is 12.1 Å². The second kappa shape index (κ2) is 11.6. The molecule has 2 heterocycles. The molecular weight excluding hydrogens is 424 g/mol. The third-order valence-corrected chi connectivity index (χ3v) is 4.97. The molecule has 4 rings (SSSR count). The molecule has 6 nitrogen and oxygen atoms in total. The van der Waals surface area contributed by atoms with Gasteiger partial charge in [-0.15, -0.1) is 0 Å². The van der Waals surface area contributed by atoms with Crippen molar-refractivity contribution >= 4 is 0 Å². The molecule has 0 aliphatic rings. The predicted octanol–water partition coefficient (Wildman–Crippen LogP) is 6.31. The van der Waals surface area contributed by atoms with Crippen molar-refractivity contribution in [1.29, 1.82) is 5.26 Å². The summed E-state index contributed by atoms with van der Waals surface area (Å²) >= 11 is 0. The van der Waals surface area contributed by atoms with E-state index < -0.39 is 0 Å². The van der Waals surface area contributed by atoms with Gasteiger partial charge >= 0.3 is 0 Å². The molecule has 0 aliphatic carbocycles. The Labute approximate surface area is 200 Å². The smallest absolute Gasteiger partial charge is 0.130 e. The van der Waals surface area contributed by atoms with Crippen molar-refractivity contribution in [3.63, 3.8) is 0 Å². The standard InChI is InChI=1S/C14H16N2O.C14H12N2O/c2*1-10-7-12(9-15)3-4-14(10)17-13-5-6-16-11(2)8-13/h3-8H,9,15H2,1-2H3;3-8H,1-2H3. The van der Waals surface area contributed by atoms with E-state index >= 15 is 0 Å². The second-order valence-corrected chi connectivity index (χ2v) is 7.87. The number of nitrogens with two attached hydrogens (primary N) is 1. The SMILES string of the molecule is Cc1cc(Oc2ccc(C#N)cc2C)ccn1.Cc1cc(Oc2ccc(CN)cc2C)ccn1. The summed E-state index contributed by atoms with van der Waals surface area (Å²) in [6, 6.07) is 20.9. The van der Waals surface area contributed by atoms with Crippen molar-refractivity contribution in [1.82, 2.24) is 9.97 Å². The number of benzene rings is 2. The van der Waals surface area contributed by atoms with Gasteiger partial charge in [-0.25, -0.2) is 0 Å². The van der Waals surface area contributed by atoms with Crippen molar-refractivity contribution in [2.24, 2.45) is 5.73 Å². The summed E-state index contributed by atoms with van der Waals surface area (Å²) < 4.78 is 11.5. The van der Waals surface area contributed by atoms with Gasteiger partial charge in [0.2, 0.25) is 0 Å². The molecule has 0 fully saturated rings. The molecule has 0 spiro atoms. The van der Waals surface area contributed by atoms with Crippen LogP contribution in [0, 0.1) is 39.0 Å². The number of hydrogen-bond acceptors (Lipinski definition) is 6. The van der Waals surface area contributed by atoms with Crippen LogP contribution in [0.3, 0.4) is 0 Å². The number of nitrogens with zero attached hydrogens (tertiary/aromatic N) is 3. The van der Waals surface area contributed by atoms with E-state index in [-0.39, 0.29) is 0 Å². The number of ether oxygens (including phenoxy) is 2. The number of pyridine rings is 2. The number of nitriles is 1. The highest BCUT2D eigenvalue weighted by atomic mass is 16.5. The van der Waals surface area contributed by atoms with E-state index in [9.17, 15) is 0 Å². The first kappa shape index (κ1) is 24.4. The minimum Gasteiger partial charge on any atom is -0.457 e. The molecule has 0 radical (unpaired) electrons. The van der Waals surface area contributed by atoms with Crippen LogP contribution in [0.2, 0.25) is 0 Å². The second-order valence-electron chi connectivity index (χ2n) is 7.87. The Hall–Kier alpha value is -4.21. The lowest BCUT2D eigenvalue weighted by Gasteiger charge is -2.10. The maximum atomic E-state index is 8.78. The Bertz CT molecular complexity index is 1310. The largest absolute Gasteiger partial charge is 0.457 e. The van der Waals surface area contributed by atoms with Gasteiger partial charge in [0.15, 0.2) is 0 Å². The van der Waals surface area contributed by atoms with Crippen LogP contribution in [0.25, 0.3) is 0 Å². The first-order chi connectivity index (χ1) is 16.4. The molecule has 0 amide bonds. The monoisotopic (exact) mass is 452 g/mol. The summed E-state index contributed by atoms with van der Waals surface area (Å²) in [5.41, 5.74) is 11.2. The summed E-state index contributed by atoms with van der Waals surface area (Å²) in [5.74, 6) is 3.17. The zero-order valence-corrected chi connectivity index (χ0v) is 19.9. The average Bonchev–Trinajstić information content (AvgIpc) is 2.82. The molecule has 0 aliphatic heterocycles. The van der Waals surface area contributed by atoms with E-state index in [2.05, 4.69) is 16.0 Å². The molecular formula is C28H28N4O2. The Morgan fingerprint density at radius 1 is 0.735 bits per heavy atom. The first-order valence-corrected chi connectivity index (χ1v) is 10.9. The van der Waals surface area contributed by atoms with Gasteiger partial charge in [0.1, 0.15) is 23.0 Å². The quantitative estimate of drug-likeness (QED) is 0.381. The van der Waals surface area contributed by atoms with E-state index in [1.807, 2.05) is 82.3 Å². The summed E-state index contributed by atoms with van der Waals surface area (Å²) in [4.78, 5) is 8.24. The van der Waals surface area contributed by atoms with Crippen LogP contribution < -0.4 is 15.2 Å². The molecule has 4 aromatic rings. The van der Waals surface area contributed by atoms with Crippen LogP contribution in [-0.4, -0.2) is 9.97 Å². The van der Waals surface area contributed by atoms with Crippen LogP contribution in [0.1, 0.15) is 33.6 Å². The lowest BCUT2D eigenvalue weighted by molar-refractivity contribution is 0.477. The molecule has 34 heavy (non-hydrogen) atoms. The van der Waals surface area contributed by atoms with Crippen molar-refractivity contribution in [3.05, 3.63) is 107 Å². The highest BCUT2D eigenvalue weighted by molar-refractivity contribution is 5.43. The molecule has 172 valence electrons. The maximum absolute atomic E-state index is 8.78. The van der Waals surface area contributed by atoms with Gasteiger partial charge in [0.05, 0.1) is 11.6 Å². The van der Waals surface area contributed by atoms with Crippen LogP contribution in [0.15, 0.2) is 73.1 Å². The van der Waals surface area contributed by atoms with Crippen LogP contribution in [-0.2, 0) is 6.54 Å². The Balaban J connectivity index is 0.000000191. The zero-order valence-electron chi connectivity index (χ0n) is 19.9. The lowest BCUT2D eigenvalue weighted by Crippen LogP contribution is -1.97. The molecule has 0 bridgehead atoms. The summed E-state index contributed by atoms with van der Waals surface area (Å²) in [5, 5.41) is 8.78. The predicted molar refractivity (Wildman–Crippen MR) is 133 cm³/mol. The van der Waals surface area contributed by atoms with Crippen LogP contribution in [0.5, 0.6) is 23.0 Å². The molecule has 2 N–H and O–H groups in total. The number of hydrogen-bond donors (Lipinski definition) is 1.